The summed E-state index contributed by atoms with van der Waals surface area (Å²) < 4.78 is 36.0. The number of rotatable bonds is 4. The van der Waals surface area contributed by atoms with Gasteiger partial charge in [-0.25, -0.2) is 8.42 Å². The summed E-state index contributed by atoms with van der Waals surface area (Å²) >= 11 is 0. The Morgan fingerprint density at radius 3 is 2.55 bits per heavy atom. The molecular weight excluding hydrogens is 287 g/mol. The second kappa shape index (κ2) is 5.84. The van der Waals surface area contributed by atoms with Crippen molar-refractivity contribution in [2.75, 3.05) is 11.5 Å². The minimum atomic E-state index is -2.90. The first-order valence-electron chi connectivity index (χ1n) is 6.24. The third-order valence-corrected chi connectivity index (χ3v) is 5.07. The topological polar surface area (TPSA) is 89.3 Å². The van der Waals surface area contributed by atoms with Crippen LogP contribution in [0.4, 0.5) is 10.1 Å². The number of sulfone groups is 1. The van der Waals surface area contributed by atoms with Gasteiger partial charge in [-0.2, -0.15) is 4.39 Å². The highest BCUT2D eigenvalue weighted by molar-refractivity contribution is 7.91. The number of nitrogens with zero attached hydrogens (tertiary/aromatic N) is 1. The van der Waals surface area contributed by atoms with Gasteiger partial charge >= 0.3 is 5.69 Å². The summed E-state index contributed by atoms with van der Waals surface area (Å²) in [6, 6.07) is 3.84. The van der Waals surface area contributed by atoms with Gasteiger partial charge in [0, 0.05) is 18.7 Å². The van der Waals surface area contributed by atoms with E-state index < -0.39 is 26.3 Å². The number of nitrogens with one attached hydrogen (secondary N) is 1. The molecule has 0 atom stereocenters. The Balaban J connectivity index is 1.92. The monoisotopic (exact) mass is 302 g/mol. The maximum atomic E-state index is 13.4. The Hall–Kier alpha value is -1.54. The number of nitro groups is 1. The first-order chi connectivity index (χ1) is 9.37. The van der Waals surface area contributed by atoms with Gasteiger partial charge < -0.3 is 5.32 Å². The summed E-state index contributed by atoms with van der Waals surface area (Å²) in [5, 5.41) is 13.6. The van der Waals surface area contributed by atoms with Gasteiger partial charge in [-0.15, -0.1) is 0 Å². The highest BCUT2D eigenvalue weighted by Gasteiger charge is 2.23. The number of hydrogen-bond acceptors (Lipinski definition) is 5. The largest absolute Gasteiger partial charge is 0.310 e. The fraction of sp³-hybridized carbons (Fsp3) is 0.500. The van der Waals surface area contributed by atoms with E-state index in [1.54, 1.807) is 0 Å². The lowest BCUT2D eigenvalue weighted by Gasteiger charge is -2.23. The fourth-order valence-electron chi connectivity index (χ4n) is 2.16. The number of nitro benzene ring substituents is 1. The maximum absolute atomic E-state index is 13.4. The molecule has 20 heavy (non-hydrogen) atoms. The van der Waals surface area contributed by atoms with Crippen LogP contribution in [0, 0.1) is 15.9 Å². The van der Waals surface area contributed by atoms with Crippen molar-refractivity contribution in [2.45, 2.75) is 25.4 Å². The third kappa shape index (κ3) is 3.73. The average molecular weight is 302 g/mol. The Labute approximate surface area is 116 Å². The van der Waals surface area contributed by atoms with Crippen molar-refractivity contribution in [1.82, 2.24) is 5.32 Å². The van der Waals surface area contributed by atoms with E-state index in [4.69, 9.17) is 0 Å². The van der Waals surface area contributed by atoms with Crippen LogP contribution in [0.25, 0.3) is 0 Å². The zero-order chi connectivity index (χ0) is 14.8. The minimum Gasteiger partial charge on any atom is -0.310 e. The van der Waals surface area contributed by atoms with E-state index in [2.05, 4.69) is 5.32 Å². The van der Waals surface area contributed by atoms with Crippen LogP contribution in [0.15, 0.2) is 18.2 Å². The predicted octanol–water partition coefficient (Wildman–Crippen LogP) is 1.40. The Morgan fingerprint density at radius 1 is 1.35 bits per heavy atom. The van der Waals surface area contributed by atoms with E-state index in [0.29, 0.717) is 24.9 Å². The smallest absolute Gasteiger partial charge is 0.304 e. The van der Waals surface area contributed by atoms with E-state index in [1.165, 1.54) is 6.07 Å². The van der Waals surface area contributed by atoms with Crippen LogP contribution in [0.2, 0.25) is 0 Å². The van der Waals surface area contributed by atoms with Gasteiger partial charge in [0.1, 0.15) is 9.84 Å². The second-order valence-electron chi connectivity index (χ2n) is 4.85. The molecule has 1 aliphatic rings. The van der Waals surface area contributed by atoms with Crippen molar-refractivity contribution >= 4 is 15.5 Å². The molecule has 1 aliphatic heterocycles. The molecule has 1 fully saturated rings. The van der Waals surface area contributed by atoms with Gasteiger partial charge in [0.05, 0.1) is 16.4 Å². The van der Waals surface area contributed by atoms with Crippen molar-refractivity contribution in [3.05, 3.63) is 39.7 Å². The standard InChI is InChI=1S/C12H15FN2O4S/c13-11-7-9(1-2-12(11)15(16)17)8-14-10-3-5-20(18,19)6-4-10/h1-2,7,10,14H,3-6,8H2. The molecule has 1 heterocycles. The summed E-state index contributed by atoms with van der Waals surface area (Å²) in [6.07, 6.45) is 1.08. The van der Waals surface area contributed by atoms with Gasteiger partial charge in [0.25, 0.3) is 0 Å². The molecule has 0 saturated carbocycles. The lowest BCUT2D eigenvalue weighted by atomic mass is 10.1. The third-order valence-electron chi connectivity index (χ3n) is 3.36. The van der Waals surface area contributed by atoms with E-state index >= 15 is 0 Å². The van der Waals surface area contributed by atoms with Crippen LogP contribution in [0.3, 0.4) is 0 Å². The van der Waals surface area contributed by atoms with E-state index in [9.17, 15) is 22.9 Å². The van der Waals surface area contributed by atoms with Gasteiger partial charge in [-0.1, -0.05) is 6.07 Å². The molecule has 1 N–H and O–H groups in total. The van der Waals surface area contributed by atoms with Crippen molar-refractivity contribution in [3.63, 3.8) is 0 Å². The van der Waals surface area contributed by atoms with Crippen LogP contribution < -0.4 is 5.32 Å². The van der Waals surface area contributed by atoms with Gasteiger partial charge in [-0.05, 0) is 24.5 Å². The molecule has 0 aliphatic carbocycles. The minimum absolute atomic E-state index is 0.0804. The van der Waals surface area contributed by atoms with E-state index in [1.807, 2.05) is 0 Å². The zero-order valence-corrected chi connectivity index (χ0v) is 11.5. The summed E-state index contributed by atoms with van der Waals surface area (Å²) in [5.41, 5.74) is 0.0547. The molecule has 110 valence electrons. The molecule has 0 unspecified atom stereocenters. The SMILES string of the molecule is O=[N+]([O-])c1ccc(CNC2CCS(=O)(=O)CC2)cc1F. The molecule has 1 aromatic rings. The van der Waals surface area contributed by atoms with Crippen LogP contribution in [0.5, 0.6) is 0 Å². The second-order valence-corrected chi connectivity index (χ2v) is 7.15. The first kappa shape index (κ1) is 14.9. The van der Waals surface area contributed by atoms with Gasteiger partial charge in [-0.3, -0.25) is 10.1 Å². The quantitative estimate of drug-likeness (QED) is 0.671. The summed E-state index contributed by atoms with van der Waals surface area (Å²) in [7, 11) is -2.90. The van der Waals surface area contributed by atoms with E-state index in [-0.39, 0.29) is 17.5 Å². The molecule has 0 bridgehead atoms. The summed E-state index contributed by atoms with van der Waals surface area (Å²) in [4.78, 5) is 9.73. The highest BCUT2D eigenvalue weighted by Crippen LogP contribution is 2.18. The van der Waals surface area contributed by atoms with Gasteiger partial charge in [0.15, 0.2) is 0 Å². The molecule has 1 saturated heterocycles. The Kier molecular flexibility index (Phi) is 4.34. The summed E-state index contributed by atoms with van der Waals surface area (Å²) in [5.74, 6) is -0.529. The molecule has 0 amide bonds. The molecule has 0 aromatic heterocycles. The molecule has 8 heteroatoms. The molecule has 1 aromatic carbocycles. The molecule has 0 spiro atoms. The number of benzene rings is 1. The molecule has 6 nitrogen and oxygen atoms in total. The van der Waals surface area contributed by atoms with Crippen LogP contribution in [-0.2, 0) is 16.4 Å². The van der Waals surface area contributed by atoms with E-state index in [0.717, 1.165) is 12.1 Å². The Bertz CT molecular complexity index is 604. The number of hydrogen-bond donors (Lipinski definition) is 1. The average Bonchev–Trinajstić information content (AvgIpc) is 2.37. The van der Waals surface area contributed by atoms with Crippen LogP contribution in [-0.4, -0.2) is 30.9 Å². The number of halogens is 1. The molecule has 0 radical (unpaired) electrons. The van der Waals surface area contributed by atoms with Crippen LogP contribution >= 0.6 is 0 Å². The normalized spacial score (nSPS) is 18.9. The first-order valence-corrected chi connectivity index (χ1v) is 8.06. The lowest BCUT2D eigenvalue weighted by Crippen LogP contribution is -2.37. The predicted molar refractivity (Wildman–Crippen MR) is 71.6 cm³/mol. The zero-order valence-electron chi connectivity index (χ0n) is 10.7. The fourth-order valence-corrected chi connectivity index (χ4v) is 3.66. The van der Waals surface area contributed by atoms with Crippen LogP contribution in [0.1, 0.15) is 18.4 Å². The van der Waals surface area contributed by atoms with Crippen molar-refractivity contribution in [1.29, 1.82) is 0 Å². The van der Waals surface area contributed by atoms with Gasteiger partial charge in [0.2, 0.25) is 5.82 Å². The van der Waals surface area contributed by atoms with Crippen molar-refractivity contribution in [2.24, 2.45) is 0 Å². The molecule has 2 rings (SSSR count). The lowest BCUT2D eigenvalue weighted by molar-refractivity contribution is -0.387. The highest BCUT2D eigenvalue weighted by atomic mass is 32.2. The van der Waals surface area contributed by atoms with Crippen molar-refractivity contribution in [3.8, 4) is 0 Å². The molecular formula is C12H15FN2O4S. The van der Waals surface area contributed by atoms with Crippen molar-refractivity contribution < 1.29 is 17.7 Å². The maximum Gasteiger partial charge on any atom is 0.304 e. The summed E-state index contributed by atoms with van der Waals surface area (Å²) in [6.45, 7) is 0.361. The Morgan fingerprint density at radius 2 is 2.00 bits per heavy atom.